The number of hydrogen-bond donors (Lipinski definition) is 0. The molecule has 0 unspecified atom stereocenters. The van der Waals surface area contributed by atoms with Gasteiger partial charge in [0.05, 0.1) is 5.69 Å². The molecule has 1 aliphatic rings. The number of benzene rings is 6. The zero-order valence-corrected chi connectivity index (χ0v) is 28.8. The molecule has 238 valence electrons. The second kappa shape index (κ2) is 13.9. The number of aryl methyl sites for hydroxylation is 3. The average molecular weight is 624 g/mol. The van der Waals surface area contributed by atoms with Crippen LogP contribution in [-0.2, 0) is 0 Å². The zero-order valence-electron chi connectivity index (χ0n) is 28.8. The number of hydrogen-bond acceptors (Lipinski definition) is 1. The van der Waals surface area contributed by atoms with Crippen molar-refractivity contribution in [2.75, 3.05) is 4.90 Å². The minimum atomic E-state index is 1.15. The third-order valence-electron chi connectivity index (χ3n) is 9.96. The molecule has 1 heteroatoms. The summed E-state index contributed by atoms with van der Waals surface area (Å²) < 4.78 is 0. The molecule has 0 atom stereocenters. The van der Waals surface area contributed by atoms with Gasteiger partial charge in [-0.2, -0.15) is 0 Å². The summed E-state index contributed by atoms with van der Waals surface area (Å²) in [6.45, 7) is 8.77. The smallest absolute Gasteiger partial charge is 0.0571 e. The molecule has 0 bridgehead atoms. The van der Waals surface area contributed by atoms with Crippen molar-refractivity contribution in [3.63, 3.8) is 0 Å². The summed E-state index contributed by atoms with van der Waals surface area (Å²) in [5.41, 5.74) is 16.4. The van der Waals surface area contributed by atoms with Crippen LogP contribution in [0.2, 0.25) is 0 Å². The molecule has 0 heterocycles. The molecule has 0 aliphatic heterocycles. The normalized spacial score (nSPS) is 13.5. The van der Waals surface area contributed by atoms with Crippen LogP contribution in [0.25, 0.3) is 28.5 Å². The predicted octanol–water partition coefficient (Wildman–Crippen LogP) is 13.5. The summed E-state index contributed by atoms with van der Waals surface area (Å²) in [4.78, 5) is 2.43. The Kier molecular flexibility index (Phi) is 9.12. The molecule has 1 fully saturated rings. The van der Waals surface area contributed by atoms with Gasteiger partial charge in [0.2, 0.25) is 0 Å². The molecule has 0 N–H and O–H groups in total. The quantitative estimate of drug-likeness (QED) is 0.160. The maximum absolute atomic E-state index is 2.43. The van der Waals surface area contributed by atoms with Crippen molar-refractivity contribution in [1.29, 1.82) is 0 Å². The van der Waals surface area contributed by atoms with Gasteiger partial charge in [0.15, 0.2) is 0 Å². The average Bonchev–Trinajstić information content (AvgIpc) is 3.11. The summed E-state index contributed by atoms with van der Waals surface area (Å²) >= 11 is 0. The molecule has 1 nitrogen and oxygen atoms in total. The number of allylic oxidation sites excluding steroid dienone is 1. The molecule has 1 aliphatic carbocycles. The Labute approximate surface area is 286 Å². The molecule has 6 aromatic rings. The SMILES string of the molecule is Cc1ccc(/C(=C\c2ccc(N(c3ccc(C)cc3)c3c(C)c(C)cc4ccccc34)cc2)c2ccc(C=C3CCCCC3)cc2)cc1. The van der Waals surface area contributed by atoms with Crippen molar-refractivity contribution < 1.29 is 0 Å². The fraction of sp³-hybridized carbons (Fsp3) is 0.191. The first-order chi connectivity index (χ1) is 23.4. The van der Waals surface area contributed by atoms with Crippen molar-refractivity contribution in [2.24, 2.45) is 0 Å². The number of anilines is 3. The summed E-state index contributed by atoms with van der Waals surface area (Å²) in [5.74, 6) is 0. The lowest BCUT2D eigenvalue weighted by atomic mass is 9.92. The lowest BCUT2D eigenvalue weighted by molar-refractivity contribution is 0.602. The minimum absolute atomic E-state index is 1.15. The first-order valence-electron chi connectivity index (χ1n) is 17.5. The number of rotatable bonds is 7. The third-order valence-corrected chi connectivity index (χ3v) is 9.96. The van der Waals surface area contributed by atoms with Gasteiger partial charge >= 0.3 is 0 Å². The van der Waals surface area contributed by atoms with E-state index in [1.54, 1.807) is 5.57 Å². The van der Waals surface area contributed by atoms with Crippen LogP contribution in [0.3, 0.4) is 0 Å². The van der Waals surface area contributed by atoms with Gasteiger partial charge < -0.3 is 4.90 Å². The molecule has 0 saturated heterocycles. The maximum Gasteiger partial charge on any atom is 0.0571 e. The van der Waals surface area contributed by atoms with Gasteiger partial charge in [0.25, 0.3) is 0 Å². The van der Waals surface area contributed by atoms with E-state index >= 15 is 0 Å². The molecule has 0 aromatic heterocycles. The van der Waals surface area contributed by atoms with Gasteiger partial charge in [-0.15, -0.1) is 0 Å². The topological polar surface area (TPSA) is 3.24 Å². The highest BCUT2D eigenvalue weighted by molar-refractivity contribution is 6.01. The van der Waals surface area contributed by atoms with Crippen LogP contribution in [-0.4, -0.2) is 0 Å². The standard InChI is InChI=1S/C47H45N/c1-33-14-22-40(23-15-33)46(41-24-18-38(19-25-41)31-37-10-6-5-7-11-37)32-39-20-28-44(29-21-39)48(43-26-16-34(2)17-27-43)47-36(4)35(3)30-42-12-8-9-13-45(42)47/h8-9,12-32H,5-7,10-11H2,1-4H3/b46-32+. The Morgan fingerprint density at radius 2 is 1.10 bits per heavy atom. The second-order valence-electron chi connectivity index (χ2n) is 13.6. The van der Waals surface area contributed by atoms with Gasteiger partial charge in [-0.25, -0.2) is 0 Å². The van der Waals surface area contributed by atoms with Crippen LogP contribution in [0.15, 0.2) is 133 Å². The second-order valence-corrected chi connectivity index (χ2v) is 13.6. The van der Waals surface area contributed by atoms with Gasteiger partial charge in [0, 0.05) is 16.8 Å². The summed E-state index contributed by atoms with van der Waals surface area (Å²) in [5, 5.41) is 2.52. The Bertz CT molecular complexity index is 2080. The van der Waals surface area contributed by atoms with E-state index in [-0.39, 0.29) is 0 Å². The highest BCUT2D eigenvalue weighted by atomic mass is 15.1. The molecular formula is C47H45N. The fourth-order valence-corrected chi connectivity index (χ4v) is 7.06. The molecule has 48 heavy (non-hydrogen) atoms. The maximum atomic E-state index is 2.43. The predicted molar refractivity (Wildman–Crippen MR) is 208 cm³/mol. The molecule has 1 saturated carbocycles. The van der Waals surface area contributed by atoms with Gasteiger partial charge in [0.1, 0.15) is 0 Å². The van der Waals surface area contributed by atoms with E-state index in [1.165, 1.54) is 98.6 Å². The Morgan fingerprint density at radius 1 is 0.562 bits per heavy atom. The molecular weight excluding hydrogens is 579 g/mol. The van der Waals surface area contributed by atoms with Crippen LogP contribution >= 0.6 is 0 Å². The van der Waals surface area contributed by atoms with Gasteiger partial charge in [-0.3, -0.25) is 0 Å². The molecule has 0 spiro atoms. The van der Waals surface area contributed by atoms with Crippen LogP contribution in [0.4, 0.5) is 17.1 Å². The van der Waals surface area contributed by atoms with E-state index in [0.717, 1.165) is 11.4 Å². The van der Waals surface area contributed by atoms with Crippen LogP contribution in [0.1, 0.15) is 76.6 Å². The molecule has 7 rings (SSSR count). The van der Waals surface area contributed by atoms with Crippen molar-refractivity contribution >= 4 is 45.6 Å². The number of nitrogens with zero attached hydrogens (tertiary/aromatic N) is 1. The Balaban J connectivity index is 1.29. The first-order valence-corrected chi connectivity index (χ1v) is 17.5. The molecule has 6 aromatic carbocycles. The van der Waals surface area contributed by atoms with E-state index in [9.17, 15) is 0 Å². The highest BCUT2D eigenvalue weighted by Crippen LogP contribution is 2.42. The Morgan fingerprint density at radius 3 is 1.75 bits per heavy atom. The van der Waals surface area contributed by atoms with Gasteiger partial charge in [-0.1, -0.05) is 132 Å². The molecule has 0 radical (unpaired) electrons. The van der Waals surface area contributed by atoms with E-state index in [0.29, 0.717) is 0 Å². The highest BCUT2D eigenvalue weighted by Gasteiger charge is 2.19. The van der Waals surface area contributed by atoms with Crippen LogP contribution < -0.4 is 4.90 Å². The van der Waals surface area contributed by atoms with E-state index < -0.39 is 0 Å². The van der Waals surface area contributed by atoms with Crippen molar-refractivity contribution in [3.8, 4) is 0 Å². The summed E-state index contributed by atoms with van der Waals surface area (Å²) in [6.07, 6.45) is 11.3. The van der Waals surface area contributed by atoms with E-state index in [4.69, 9.17) is 0 Å². The lowest BCUT2D eigenvalue weighted by Gasteiger charge is -2.29. The van der Waals surface area contributed by atoms with Crippen LogP contribution in [0, 0.1) is 27.7 Å². The lowest BCUT2D eigenvalue weighted by Crippen LogP contribution is -2.12. The van der Waals surface area contributed by atoms with E-state index in [1.807, 2.05) is 0 Å². The Hall–Kier alpha value is -5.14. The van der Waals surface area contributed by atoms with Crippen molar-refractivity contribution in [3.05, 3.63) is 177 Å². The minimum Gasteiger partial charge on any atom is -0.310 e. The molecule has 0 amide bonds. The zero-order chi connectivity index (χ0) is 33.0. The monoisotopic (exact) mass is 623 g/mol. The van der Waals surface area contributed by atoms with Gasteiger partial charge in [-0.05, 0) is 128 Å². The van der Waals surface area contributed by atoms with Crippen molar-refractivity contribution in [1.82, 2.24) is 0 Å². The summed E-state index contributed by atoms with van der Waals surface area (Å²) in [7, 11) is 0. The van der Waals surface area contributed by atoms with Crippen LogP contribution in [0.5, 0.6) is 0 Å². The number of fused-ring (bicyclic) bond motifs is 1. The largest absolute Gasteiger partial charge is 0.310 e. The van der Waals surface area contributed by atoms with Crippen molar-refractivity contribution in [2.45, 2.75) is 59.8 Å². The van der Waals surface area contributed by atoms with E-state index in [2.05, 4.69) is 172 Å². The fourth-order valence-electron chi connectivity index (χ4n) is 7.06. The summed E-state index contributed by atoms with van der Waals surface area (Å²) in [6, 6.07) is 47.1. The first kappa shape index (κ1) is 31.5. The third kappa shape index (κ3) is 6.78.